The first kappa shape index (κ1) is 17.6. The second-order valence-corrected chi connectivity index (χ2v) is 4.65. The Kier molecular flexibility index (Phi) is 5.61. The van der Waals surface area contributed by atoms with Crippen LogP contribution in [0.5, 0.6) is 0 Å². The molecule has 0 aromatic heterocycles. The van der Waals surface area contributed by atoms with Crippen LogP contribution >= 0.6 is 0 Å². The van der Waals surface area contributed by atoms with Gasteiger partial charge in [-0.25, -0.2) is 4.79 Å². The second kappa shape index (κ2) is 7.01. The van der Waals surface area contributed by atoms with Crippen molar-refractivity contribution < 1.29 is 27.9 Å². The van der Waals surface area contributed by atoms with Gasteiger partial charge in [-0.3, -0.25) is 4.79 Å². The summed E-state index contributed by atoms with van der Waals surface area (Å²) < 4.78 is 38.2. The molecule has 0 saturated carbocycles. The normalized spacial score (nSPS) is 11.0. The smallest absolute Gasteiger partial charge is 0.416 e. The highest BCUT2D eigenvalue weighted by Crippen LogP contribution is 2.34. The van der Waals surface area contributed by atoms with Gasteiger partial charge in [0.25, 0.3) is 0 Å². The van der Waals surface area contributed by atoms with Gasteiger partial charge < -0.3 is 20.6 Å². The van der Waals surface area contributed by atoms with Crippen LogP contribution in [0.15, 0.2) is 18.2 Å². The van der Waals surface area contributed by atoms with Crippen LogP contribution in [0.1, 0.15) is 12.0 Å². The molecule has 0 fully saturated rings. The zero-order chi connectivity index (χ0) is 16.9. The topological polar surface area (TPSA) is 81.7 Å². The van der Waals surface area contributed by atoms with Gasteiger partial charge in [0, 0.05) is 20.6 Å². The Labute approximate surface area is 124 Å². The van der Waals surface area contributed by atoms with Gasteiger partial charge in [0.15, 0.2) is 0 Å². The molecule has 0 heterocycles. The number of benzene rings is 1. The summed E-state index contributed by atoms with van der Waals surface area (Å²) in [5, 5.41) is 13.0. The fourth-order valence-electron chi connectivity index (χ4n) is 1.65. The van der Waals surface area contributed by atoms with Crippen LogP contribution < -0.4 is 15.5 Å². The number of alkyl halides is 3. The van der Waals surface area contributed by atoms with Crippen molar-refractivity contribution in [1.82, 2.24) is 5.32 Å². The average molecular weight is 319 g/mol. The van der Waals surface area contributed by atoms with Crippen molar-refractivity contribution in [3.05, 3.63) is 23.8 Å². The summed E-state index contributed by atoms with van der Waals surface area (Å²) in [7, 11) is 3.24. The van der Waals surface area contributed by atoms with Crippen molar-refractivity contribution in [3.63, 3.8) is 0 Å². The number of aliphatic carboxylic acids is 1. The van der Waals surface area contributed by atoms with Crippen LogP contribution in [0.25, 0.3) is 0 Å². The van der Waals surface area contributed by atoms with E-state index in [-0.39, 0.29) is 18.7 Å². The molecule has 3 N–H and O–H groups in total. The standard InChI is InChI=1S/C13H16F3N3O3/c1-19(2)10-4-3-8(13(14,15)16)7-9(10)18-12(22)17-6-5-11(20)21/h3-4,7H,5-6H2,1-2H3,(H,20,21)(H2,17,18,22). The molecule has 0 radical (unpaired) electrons. The van der Waals surface area contributed by atoms with Gasteiger partial charge in [-0.1, -0.05) is 0 Å². The molecule has 0 spiro atoms. The molecule has 0 unspecified atom stereocenters. The largest absolute Gasteiger partial charge is 0.481 e. The number of halogens is 3. The molecular weight excluding hydrogens is 303 g/mol. The number of urea groups is 1. The predicted molar refractivity (Wildman–Crippen MR) is 75.0 cm³/mol. The monoisotopic (exact) mass is 319 g/mol. The van der Waals surface area contributed by atoms with Gasteiger partial charge in [-0.15, -0.1) is 0 Å². The summed E-state index contributed by atoms with van der Waals surface area (Å²) in [6.07, 6.45) is -4.81. The molecule has 122 valence electrons. The van der Waals surface area contributed by atoms with Crippen molar-refractivity contribution >= 4 is 23.4 Å². The highest BCUT2D eigenvalue weighted by molar-refractivity contribution is 5.93. The third-order valence-electron chi connectivity index (χ3n) is 2.68. The minimum absolute atomic E-state index is 0.0207. The maximum Gasteiger partial charge on any atom is 0.416 e. The van der Waals surface area contributed by atoms with Crippen molar-refractivity contribution in [3.8, 4) is 0 Å². The molecule has 0 aliphatic rings. The van der Waals surface area contributed by atoms with Crippen LogP contribution in [-0.4, -0.2) is 37.7 Å². The molecule has 2 amide bonds. The third-order valence-corrected chi connectivity index (χ3v) is 2.68. The number of carbonyl (C=O) groups is 2. The number of rotatable bonds is 5. The van der Waals surface area contributed by atoms with Gasteiger partial charge in [0.1, 0.15) is 0 Å². The lowest BCUT2D eigenvalue weighted by Gasteiger charge is -2.20. The van der Waals surface area contributed by atoms with Crippen LogP contribution in [0.3, 0.4) is 0 Å². The fourth-order valence-corrected chi connectivity index (χ4v) is 1.65. The number of hydrogen-bond donors (Lipinski definition) is 3. The number of nitrogens with zero attached hydrogens (tertiary/aromatic N) is 1. The summed E-state index contributed by atoms with van der Waals surface area (Å²) in [4.78, 5) is 23.5. The van der Waals surface area contributed by atoms with E-state index in [4.69, 9.17) is 5.11 Å². The van der Waals surface area contributed by atoms with Gasteiger partial charge in [-0.2, -0.15) is 13.2 Å². The molecule has 0 saturated heterocycles. The fraction of sp³-hybridized carbons (Fsp3) is 0.385. The van der Waals surface area contributed by atoms with E-state index in [0.717, 1.165) is 12.1 Å². The number of carbonyl (C=O) groups excluding carboxylic acids is 1. The van der Waals surface area contributed by atoms with E-state index in [1.165, 1.54) is 6.07 Å². The van der Waals surface area contributed by atoms with Crippen molar-refractivity contribution in [2.24, 2.45) is 0 Å². The number of carboxylic acids is 1. The lowest BCUT2D eigenvalue weighted by molar-refractivity contribution is -0.138. The maximum atomic E-state index is 12.7. The Morgan fingerprint density at radius 2 is 1.91 bits per heavy atom. The summed E-state index contributed by atoms with van der Waals surface area (Å²) in [6.45, 7) is -0.128. The second-order valence-electron chi connectivity index (χ2n) is 4.65. The van der Waals surface area contributed by atoms with Gasteiger partial charge in [-0.05, 0) is 18.2 Å². The lowest BCUT2D eigenvalue weighted by Crippen LogP contribution is -2.31. The first-order valence-electron chi connectivity index (χ1n) is 6.26. The Morgan fingerprint density at radius 3 is 2.41 bits per heavy atom. The molecule has 0 atom stereocenters. The van der Waals surface area contributed by atoms with Crippen molar-refractivity contribution in [2.45, 2.75) is 12.6 Å². The minimum atomic E-state index is -4.53. The Morgan fingerprint density at radius 1 is 1.27 bits per heavy atom. The van der Waals surface area contributed by atoms with E-state index >= 15 is 0 Å². The molecule has 22 heavy (non-hydrogen) atoms. The summed E-state index contributed by atoms with van der Waals surface area (Å²) in [5.41, 5.74) is -0.520. The van der Waals surface area contributed by atoms with Gasteiger partial charge in [0.2, 0.25) is 0 Å². The summed E-state index contributed by atoms with van der Waals surface area (Å²) in [5.74, 6) is -1.09. The SMILES string of the molecule is CN(C)c1ccc(C(F)(F)F)cc1NC(=O)NCCC(=O)O. The Hall–Kier alpha value is -2.45. The van der Waals surface area contributed by atoms with Crippen molar-refractivity contribution in [1.29, 1.82) is 0 Å². The van der Waals surface area contributed by atoms with Crippen LogP contribution in [0.4, 0.5) is 29.3 Å². The molecule has 0 aliphatic heterocycles. The summed E-state index contributed by atoms with van der Waals surface area (Å²) in [6, 6.07) is 2.22. The molecule has 1 aromatic rings. The maximum absolute atomic E-state index is 12.7. The van der Waals surface area contributed by atoms with E-state index in [9.17, 15) is 22.8 Å². The van der Waals surface area contributed by atoms with Crippen LogP contribution in [0.2, 0.25) is 0 Å². The molecule has 9 heteroatoms. The lowest BCUT2D eigenvalue weighted by atomic mass is 10.1. The van der Waals surface area contributed by atoms with Gasteiger partial charge in [0.05, 0.1) is 23.4 Å². The first-order chi connectivity index (χ1) is 10.1. The van der Waals surface area contributed by atoms with E-state index in [0.29, 0.717) is 5.69 Å². The average Bonchev–Trinajstić information content (AvgIpc) is 2.36. The molecule has 1 rings (SSSR count). The number of nitrogens with one attached hydrogen (secondary N) is 2. The quantitative estimate of drug-likeness (QED) is 0.778. The zero-order valence-corrected chi connectivity index (χ0v) is 12.0. The van der Waals surface area contributed by atoms with E-state index in [2.05, 4.69) is 10.6 Å². The number of carboxylic acid groups (broad SMARTS) is 1. The Bertz CT molecular complexity index is 559. The number of hydrogen-bond acceptors (Lipinski definition) is 3. The number of amides is 2. The highest BCUT2D eigenvalue weighted by Gasteiger charge is 2.31. The molecule has 1 aromatic carbocycles. The zero-order valence-electron chi connectivity index (χ0n) is 12.0. The number of anilines is 2. The van der Waals surface area contributed by atoms with Crippen molar-refractivity contribution in [2.75, 3.05) is 30.9 Å². The van der Waals surface area contributed by atoms with E-state index in [1.807, 2.05) is 0 Å². The minimum Gasteiger partial charge on any atom is -0.481 e. The molecule has 6 nitrogen and oxygen atoms in total. The molecular formula is C13H16F3N3O3. The molecule has 0 bridgehead atoms. The summed E-state index contributed by atoms with van der Waals surface area (Å²) >= 11 is 0. The van der Waals surface area contributed by atoms with E-state index < -0.39 is 23.7 Å². The highest BCUT2D eigenvalue weighted by atomic mass is 19.4. The van der Waals surface area contributed by atoms with E-state index in [1.54, 1.807) is 19.0 Å². The predicted octanol–water partition coefficient (Wildman–Crippen LogP) is 2.37. The third kappa shape index (κ3) is 5.15. The van der Waals surface area contributed by atoms with Crippen LogP contribution in [-0.2, 0) is 11.0 Å². The Balaban J connectivity index is 2.90. The van der Waals surface area contributed by atoms with Crippen LogP contribution in [0, 0.1) is 0 Å². The first-order valence-corrected chi connectivity index (χ1v) is 6.26. The molecule has 0 aliphatic carbocycles. The van der Waals surface area contributed by atoms with Gasteiger partial charge >= 0.3 is 18.2 Å².